The molecule has 0 saturated heterocycles. The number of hydrogen-bond donors (Lipinski definition) is 1. The summed E-state index contributed by atoms with van der Waals surface area (Å²) in [5, 5.41) is 0.858. The van der Waals surface area contributed by atoms with Crippen LogP contribution in [0.4, 0.5) is 8.78 Å². The van der Waals surface area contributed by atoms with Crippen LogP contribution in [0.1, 0.15) is 12.5 Å². The molecule has 15 heavy (non-hydrogen) atoms. The first-order chi connectivity index (χ1) is 6.83. The van der Waals surface area contributed by atoms with E-state index in [1.165, 1.54) is 6.92 Å². The van der Waals surface area contributed by atoms with E-state index in [2.05, 4.69) is 0 Å². The third-order valence-electron chi connectivity index (χ3n) is 2.08. The van der Waals surface area contributed by atoms with E-state index in [9.17, 15) is 8.78 Å². The van der Waals surface area contributed by atoms with Crippen molar-refractivity contribution in [2.45, 2.75) is 25.3 Å². The molecule has 0 amide bonds. The summed E-state index contributed by atoms with van der Waals surface area (Å²) in [6, 6.07) is 4.72. The second-order valence-electron chi connectivity index (χ2n) is 3.72. The summed E-state index contributed by atoms with van der Waals surface area (Å²) >= 11 is 11.6. The zero-order valence-corrected chi connectivity index (χ0v) is 9.62. The van der Waals surface area contributed by atoms with Crippen LogP contribution < -0.4 is 5.73 Å². The average molecular weight is 254 g/mol. The van der Waals surface area contributed by atoms with Crippen LogP contribution in [0, 0.1) is 0 Å². The number of benzene rings is 1. The molecule has 0 heterocycles. The Morgan fingerprint density at radius 1 is 1.40 bits per heavy atom. The van der Waals surface area contributed by atoms with Crippen molar-refractivity contribution in [1.82, 2.24) is 0 Å². The van der Waals surface area contributed by atoms with E-state index in [0.717, 1.165) is 0 Å². The van der Waals surface area contributed by atoms with Crippen LogP contribution in [-0.4, -0.2) is 12.0 Å². The number of nitrogens with two attached hydrogens (primary N) is 1. The molecule has 2 N–H and O–H groups in total. The number of halogens is 4. The van der Waals surface area contributed by atoms with Crippen molar-refractivity contribution < 1.29 is 8.78 Å². The lowest BCUT2D eigenvalue weighted by atomic mass is 9.94. The molecule has 1 aromatic carbocycles. The fourth-order valence-electron chi connectivity index (χ4n) is 1.17. The molecule has 1 unspecified atom stereocenters. The van der Waals surface area contributed by atoms with Crippen molar-refractivity contribution in [3.05, 3.63) is 33.8 Å². The Hall–Kier alpha value is -0.380. The first kappa shape index (κ1) is 12.7. The normalized spacial score (nSPS) is 15.4. The van der Waals surface area contributed by atoms with Crippen LogP contribution in [-0.2, 0) is 6.42 Å². The fourth-order valence-corrected chi connectivity index (χ4v) is 1.55. The molecular formula is C10H11Cl2F2N. The third kappa shape index (κ3) is 3.30. The Bertz CT molecular complexity index is 353. The minimum absolute atomic E-state index is 0.00986. The highest BCUT2D eigenvalue weighted by Gasteiger charge is 2.31. The van der Waals surface area contributed by atoms with Gasteiger partial charge in [-0.3, -0.25) is 0 Å². The molecule has 1 aromatic rings. The highest BCUT2D eigenvalue weighted by atomic mass is 35.5. The Labute approximate surface area is 97.2 Å². The third-order valence-corrected chi connectivity index (χ3v) is 2.68. The summed E-state index contributed by atoms with van der Waals surface area (Å²) < 4.78 is 25.1. The van der Waals surface area contributed by atoms with E-state index in [-0.39, 0.29) is 6.42 Å². The van der Waals surface area contributed by atoms with Crippen LogP contribution in [0.15, 0.2) is 18.2 Å². The average Bonchev–Trinajstić information content (AvgIpc) is 2.10. The largest absolute Gasteiger partial charge is 0.320 e. The van der Waals surface area contributed by atoms with E-state index in [4.69, 9.17) is 28.9 Å². The Morgan fingerprint density at radius 3 is 2.53 bits per heavy atom. The topological polar surface area (TPSA) is 26.0 Å². The molecule has 0 aliphatic carbocycles. The van der Waals surface area contributed by atoms with Crippen molar-refractivity contribution in [3.8, 4) is 0 Å². The maximum Gasteiger partial charge on any atom is 0.256 e. The first-order valence-corrected chi connectivity index (χ1v) is 5.09. The van der Waals surface area contributed by atoms with Gasteiger partial charge in [-0.15, -0.1) is 0 Å². The molecular weight excluding hydrogens is 243 g/mol. The minimum Gasteiger partial charge on any atom is -0.320 e. The van der Waals surface area contributed by atoms with Gasteiger partial charge in [-0.2, -0.15) is 0 Å². The van der Waals surface area contributed by atoms with Crippen LogP contribution >= 0.6 is 23.2 Å². The second-order valence-corrected chi connectivity index (χ2v) is 4.56. The van der Waals surface area contributed by atoms with Gasteiger partial charge in [0.2, 0.25) is 0 Å². The standard InChI is InChI=1S/C10H11Cl2F2N/c1-10(15,9(13)14)5-6-4-7(11)2-3-8(6)12/h2-4,9H,5,15H2,1H3. The molecule has 1 atom stereocenters. The predicted molar refractivity (Wildman–Crippen MR) is 58.8 cm³/mol. The molecule has 0 bridgehead atoms. The quantitative estimate of drug-likeness (QED) is 0.877. The molecule has 0 aliphatic heterocycles. The van der Waals surface area contributed by atoms with Gasteiger partial charge in [-0.1, -0.05) is 23.2 Å². The van der Waals surface area contributed by atoms with Gasteiger partial charge in [-0.25, -0.2) is 8.78 Å². The summed E-state index contributed by atoms with van der Waals surface area (Å²) in [7, 11) is 0. The molecule has 84 valence electrons. The Balaban J connectivity index is 2.94. The van der Waals surface area contributed by atoms with Crippen molar-refractivity contribution >= 4 is 23.2 Å². The summed E-state index contributed by atoms with van der Waals surface area (Å²) in [5.41, 5.74) is 4.41. The number of hydrogen-bond acceptors (Lipinski definition) is 1. The molecule has 0 radical (unpaired) electrons. The zero-order valence-electron chi connectivity index (χ0n) is 8.11. The lowest BCUT2D eigenvalue weighted by molar-refractivity contribution is 0.0639. The minimum atomic E-state index is -2.60. The lowest BCUT2D eigenvalue weighted by Crippen LogP contribution is -2.45. The fraction of sp³-hybridized carbons (Fsp3) is 0.400. The van der Waals surface area contributed by atoms with Crippen LogP contribution in [0.3, 0.4) is 0 Å². The Kier molecular flexibility index (Phi) is 3.93. The molecule has 1 rings (SSSR count). The predicted octanol–water partition coefficient (Wildman–Crippen LogP) is 3.52. The maximum absolute atomic E-state index is 12.5. The van der Waals surface area contributed by atoms with Crippen LogP contribution in [0.25, 0.3) is 0 Å². The molecule has 0 aliphatic rings. The molecule has 5 heteroatoms. The van der Waals surface area contributed by atoms with Crippen molar-refractivity contribution in [1.29, 1.82) is 0 Å². The molecule has 0 aromatic heterocycles. The number of rotatable bonds is 3. The molecule has 0 spiro atoms. The lowest BCUT2D eigenvalue weighted by Gasteiger charge is -2.24. The summed E-state index contributed by atoms with van der Waals surface area (Å²) in [6.45, 7) is 1.29. The van der Waals surface area contributed by atoms with E-state index >= 15 is 0 Å². The molecule has 0 saturated carbocycles. The first-order valence-electron chi connectivity index (χ1n) is 4.34. The van der Waals surface area contributed by atoms with E-state index in [0.29, 0.717) is 15.6 Å². The van der Waals surface area contributed by atoms with Gasteiger partial charge in [0, 0.05) is 10.0 Å². The van der Waals surface area contributed by atoms with Crippen molar-refractivity contribution in [2.75, 3.05) is 0 Å². The summed E-state index contributed by atoms with van der Waals surface area (Å²) in [4.78, 5) is 0. The van der Waals surface area contributed by atoms with Gasteiger partial charge in [0.1, 0.15) is 0 Å². The molecule has 1 nitrogen and oxygen atoms in total. The van der Waals surface area contributed by atoms with Crippen LogP contribution in [0.5, 0.6) is 0 Å². The van der Waals surface area contributed by atoms with Gasteiger partial charge in [0.15, 0.2) is 0 Å². The van der Waals surface area contributed by atoms with Gasteiger partial charge in [0.05, 0.1) is 5.54 Å². The van der Waals surface area contributed by atoms with Crippen molar-refractivity contribution in [2.24, 2.45) is 5.73 Å². The van der Waals surface area contributed by atoms with Gasteiger partial charge >= 0.3 is 0 Å². The molecule has 0 fully saturated rings. The Morgan fingerprint density at radius 2 is 2.00 bits per heavy atom. The zero-order chi connectivity index (χ0) is 11.6. The van der Waals surface area contributed by atoms with E-state index < -0.39 is 12.0 Å². The second kappa shape index (κ2) is 4.64. The summed E-state index contributed by atoms with van der Waals surface area (Å²) in [6.07, 6.45) is -2.61. The van der Waals surface area contributed by atoms with Crippen LogP contribution in [0.2, 0.25) is 10.0 Å². The van der Waals surface area contributed by atoms with E-state index in [1.807, 2.05) is 0 Å². The maximum atomic E-state index is 12.5. The highest BCUT2D eigenvalue weighted by Crippen LogP contribution is 2.26. The van der Waals surface area contributed by atoms with Gasteiger partial charge < -0.3 is 5.73 Å². The summed E-state index contributed by atoms with van der Waals surface area (Å²) in [5.74, 6) is 0. The smallest absolute Gasteiger partial charge is 0.256 e. The number of alkyl halides is 2. The highest BCUT2D eigenvalue weighted by molar-refractivity contribution is 6.33. The monoisotopic (exact) mass is 253 g/mol. The van der Waals surface area contributed by atoms with E-state index in [1.54, 1.807) is 18.2 Å². The van der Waals surface area contributed by atoms with Gasteiger partial charge in [0.25, 0.3) is 6.43 Å². The van der Waals surface area contributed by atoms with Crippen molar-refractivity contribution in [3.63, 3.8) is 0 Å². The SMILES string of the molecule is CC(N)(Cc1cc(Cl)ccc1Cl)C(F)F. The van der Waals surface area contributed by atoms with Gasteiger partial charge in [-0.05, 0) is 37.1 Å².